The van der Waals surface area contributed by atoms with Gasteiger partial charge in [0.2, 0.25) is 5.91 Å². The standard InChI is InChI=1S/C29H34BrFN4O6/c1-29(2,3)41-27(38)33-15-17-4-8-18(9-5-17)25(36)35(20-13-21(31)24-23(14-20)34-28(39)40-24)26(37)22(32)12-16-6-10-19(30)11-7-16/h6-7,10-11,13-14,17-18,22H,4-5,8-9,12,15,32H2,1-3H3,(H,33,38)(H,34,39)/t17?,18?,22-/m0/s1. The minimum absolute atomic E-state index is 0.0222. The predicted molar refractivity (Wildman–Crippen MR) is 155 cm³/mol. The van der Waals surface area contributed by atoms with Gasteiger partial charge in [-0.3, -0.25) is 14.6 Å². The summed E-state index contributed by atoms with van der Waals surface area (Å²) in [6, 6.07) is 8.53. The van der Waals surface area contributed by atoms with E-state index in [-0.39, 0.29) is 29.1 Å². The van der Waals surface area contributed by atoms with E-state index in [1.165, 1.54) is 6.07 Å². The zero-order valence-corrected chi connectivity index (χ0v) is 24.8. The van der Waals surface area contributed by atoms with E-state index in [1.54, 1.807) is 20.8 Å². The van der Waals surface area contributed by atoms with Gasteiger partial charge in [-0.2, -0.15) is 0 Å². The van der Waals surface area contributed by atoms with Gasteiger partial charge >= 0.3 is 11.8 Å². The van der Waals surface area contributed by atoms with Crippen LogP contribution in [0.3, 0.4) is 0 Å². The summed E-state index contributed by atoms with van der Waals surface area (Å²) in [5.41, 5.74) is 6.18. The molecule has 4 rings (SSSR count). The van der Waals surface area contributed by atoms with Gasteiger partial charge in [-0.15, -0.1) is 0 Å². The number of ether oxygens (including phenoxy) is 1. The Morgan fingerprint density at radius 1 is 1.17 bits per heavy atom. The highest BCUT2D eigenvalue weighted by molar-refractivity contribution is 9.10. The number of halogens is 2. The molecule has 0 bridgehead atoms. The molecule has 3 amide bonds. The average Bonchev–Trinajstić information content (AvgIpc) is 3.29. The van der Waals surface area contributed by atoms with Crippen molar-refractivity contribution in [2.24, 2.45) is 17.6 Å². The summed E-state index contributed by atoms with van der Waals surface area (Å²) < 4.78 is 25.9. The van der Waals surface area contributed by atoms with Crippen LogP contribution < -0.4 is 21.7 Å². The first-order valence-corrected chi connectivity index (χ1v) is 14.3. The van der Waals surface area contributed by atoms with Gasteiger partial charge in [-0.05, 0) is 82.6 Å². The lowest BCUT2D eigenvalue weighted by Crippen LogP contribution is -2.50. The third-order valence-corrected chi connectivity index (χ3v) is 7.50. The van der Waals surface area contributed by atoms with Gasteiger partial charge < -0.3 is 20.2 Å². The maximum absolute atomic E-state index is 14.9. The Morgan fingerprint density at radius 2 is 1.83 bits per heavy atom. The predicted octanol–water partition coefficient (Wildman–Crippen LogP) is 4.78. The Labute approximate surface area is 244 Å². The second-order valence-electron chi connectivity index (χ2n) is 11.4. The molecule has 10 nitrogen and oxygen atoms in total. The number of amides is 3. The summed E-state index contributed by atoms with van der Waals surface area (Å²) in [5, 5.41) is 2.78. The molecular formula is C29H34BrFN4O6. The van der Waals surface area contributed by atoms with Gasteiger partial charge in [0.1, 0.15) is 5.60 Å². The molecule has 1 atom stereocenters. The van der Waals surface area contributed by atoms with E-state index in [0.29, 0.717) is 32.2 Å². The van der Waals surface area contributed by atoms with E-state index in [9.17, 15) is 23.6 Å². The Bertz CT molecular complexity index is 1470. The SMILES string of the molecule is CC(C)(C)OC(=O)NCC1CCC(C(=O)N(C(=O)[C@@H](N)Cc2ccc(Br)cc2)c2cc(F)c3oc(=O)[nH]c3c2)CC1. The fourth-order valence-corrected chi connectivity index (χ4v) is 5.23. The number of hydrogen-bond donors (Lipinski definition) is 3. The largest absolute Gasteiger partial charge is 0.444 e. The smallest absolute Gasteiger partial charge is 0.417 e. The summed E-state index contributed by atoms with van der Waals surface area (Å²) in [4.78, 5) is 54.6. The Morgan fingerprint density at radius 3 is 2.46 bits per heavy atom. The van der Waals surface area contributed by atoms with Gasteiger partial charge in [-0.25, -0.2) is 18.9 Å². The Hall–Kier alpha value is -3.51. The van der Waals surface area contributed by atoms with Crippen molar-refractivity contribution < 1.29 is 27.9 Å². The number of aromatic amines is 1. The molecule has 1 aliphatic rings. The molecule has 1 heterocycles. The lowest BCUT2D eigenvalue weighted by molar-refractivity contribution is -0.130. The first-order valence-electron chi connectivity index (χ1n) is 13.5. The maximum Gasteiger partial charge on any atom is 0.417 e. The lowest BCUT2D eigenvalue weighted by atomic mass is 9.81. The van der Waals surface area contributed by atoms with Crippen molar-refractivity contribution in [2.75, 3.05) is 11.4 Å². The van der Waals surface area contributed by atoms with Crippen molar-refractivity contribution in [3.8, 4) is 0 Å². The van der Waals surface area contributed by atoms with E-state index < -0.39 is 47.0 Å². The molecule has 1 aliphatic carbocycles. The minimum atomic E-state index is -1.09. The molecule has 12 heteroatoms. The van der Waals surface area contributed by atoms with Crippen molar-refractivity contribution in [3.05, 3.63) is 62.8 Å². The van der Waals surface area contributed by atoms with Crippen LogP contribution in [-0.4, -0.2) is 41.1 Å². The number of H-pyrrole nitrogens is 1. The maximum atomic E-state index is 14.9. The monoisotopic (exact) mass is 632 g/mol. The van der Waals surface area contributed by atoms with Crippen molar-refractivity contribution in [1.29, 1.82) is 0 Å². The number of alkyl carbamates (subject to hydrolysis) is 1. The number of benzene rings is 2. The van der Waals surface area contributed by atoms with Gasteiger partial charge in [0.25, 0.3) is 5.91 Å². The van der Waals surface area contributed by atoms with E-state index in [2.05, 4.69) is 26.2 Å². The van der Waals surface area contributed by atoms with E-state index in [4.69, 9.17) is 14.9 Å². The lowest BCUT2D eigenvalue weighted by Gasteiger charge is -2.32. The van der Waals surface area contributed by atoms with E-state index in [0.717, 1.165) is 21.0 Å². The number of carbonyl (C=O) groups excluding carboxylic acids is 3. The van der Waals surface area contributed by atoms with Crippen LogP contribution in [0.4, 0.5) is 14.9 Å². The topological polar surface area (TPSA) is 148 Å². The van der Waals surface area contributed by atoms with Gasteiger partial charge in [-0.1, -0.05) is 28.1 Å². The Balaban J connectivity index is 1.52. The van der Waals surface area contributed by atoms with Crippen molar-refractivity contribution in [2.45, 2.75) is 64.5 Å². The van der Waals surface area contributed by atoms with E-state index >= 15 is 0 Å². The van der Waals surface area contributed by atoms with Crippen LogP contribution in [0.25, 0.3) is 11.1 Å². The van der Waals surface area contributed by atoms with E-state index in [1.807, 2.05) is 24.3 Å². The molecule has 0 radical (unpaired) electrons. The van der Waals surface area contributed by atoms with Crippen LogP contribution >= 0.6 is 15.9 Å². The number of hydrogen-bond acceptors (Lipinski definition) is 7. The first-order chi connectivity index (χ1) is 19.3. The number of rotatable bonds is 7. The van der Waals surface area contributed by atoms with Crippen molar-refractivity contribution >= 4 is 50.6 Å². The number of fused-ring (bicyclic) bond motifs is 1. The molecule has 1 fully saturated rings. The fourth-order valence-electron chi connectivity index (χ4n) is 4.96. The molecule has 0 unspecified atom stereocenters. The number of aromatic nitrogens is 1. The third kappa shape index (κ3) is 7.82. The number of nitrogens with zero attached hydrogens (tertiary/aromatic N) is 1. The quantitative estimate of drug-likeness (QED) is 0.339. The molecule has 41 heavy (non-hydrogen) atoms. The molecular weight excluding hydrogens is 599 g/mol. The number of carbonyl (C=O) groups is 3. The summed E-state index contributed by atoms with van der Waals surface area (Å²) >= 11 is 3.37. The van der Waals surface area contributed by atoms with Crippen LogP contribution in [0.1, 0.15) is 52.0 Å². The number of anilines is 1. The fraction of sp³-hybridized carbons (Fsp3) is 0.448. The van der Waals surface area contributed by atoms with Gasteiger partial charge in [0, 0.05) is 23.0 Å². The highest BCUT2D eigenvalue weighted by Crippen LogP contribution is 2.33. The summed E-state index contributed by atoms with van der Waals surface area (Å²) in [6.07, 6.45) is 1.88. The Kier molecular flexibility index (Phi) is 9.33. The van der Waals surface area contributed by atoms with Crippen LogP contribution in [0.5, 0.6) is 0 Å². The molecule has 0 saturated heterocycles. The van der Waals surface area contributed by atoms with Crippen LogP contribution in [-0.2, 0) is 20.7 Å². The average molecular weight is 634 g/mol. The molecule has 0 aliphatic heterocycles. The van der Waals surface area contributed by atoms with Crippen LogP contribution in [0.15, 0.2) is 50.1 Å². The van der Waals surface area contributed by atoms with Crippen LogP contribution in [0, 0.1) is 17.7 Å². The molecule has 1 saturated carbocycles. The first kappa shape index (κ1) is 30.4. The molecule has 1 aromatic heterocycles. The number of oxazole rings is 1. The zero-order valence-electron chi connectivity index (χ0n) is 23.2. The van der Waals surface area contributed by atoms with Crippen molar-refractivity contribution in [1.82, 2.24) is 10.3 Å². The van der Waals surface area contributed by atoms with Gasteiger partial charge in [0.15, 0.2) is 11.4 Å². The second kappa shape index (κ2) is 12.6. The molecule has 4 N–H and O–H groups in total. The highest BCUT2D eigenvalue weighted by atomic mass is 79.9. The van der Waals surface area contributed by atoms with Gasteiger partial charge in [0.05, 0.1) is 17.2 Å². The minimum Gasteiger partial charge on any atom is -0.444 e. The number of nitrogens with two attached hydrogens (primary N) is 1. The summed E-state index contributed by atoms with van der Waals surface area (Å²) in [6.45, 7) is 5.77. The van der Waals surface area contributed by atoms with Crippen molar-refractivity contribution in [3.63, 3.8) is 0 Å². The number of nitrogens with one attached hydrogen (secondary N) is 2. The molecule has 2 aromatic carbocycles. The van der Waals surface area contributed by atoms with Crippen LogP contribution in [0.2, 0.25) is 0 Å². The molecule has 0 spiro atoms. The molecule has 220 valence electrons. The normalized spacial score (nSPS) is 18.1. The summed E-state index contributed by atoms with van der Waals surface area (Å²) in [7, 11) is 0. The number of imide groups is 1. The summed E-state index contributed by atoms with van der Waals surface area (Å²) in [5.74, 6) is -3.30. The second-order valence-corrected chi connectivity index (χ2v) is 12.3. The zero-order chi connectivity index (χ0) is 29.9. The molecule has 3 aromatic rings. The third-order valence-electron chi connectivity index (χ3n) is 6.97. The highest BCUT2D eigenvalue weighted by Gasteiger charge is 2.36.